The summed E-state index contributed by atoms with van der Waals surface area (Å²) in [7, 11) is 1.75. The maximum Gasteiger partial charge on any atom is 0.408 e. The van der Waals surface area contributed by atoms with Crippen LogP contribution in [0.2, 0.25) is 0 Å². The van der Waals surface area contributed by atoms with Crippen LogP contribution in [-0.2, 0) is 42.2 Å². The van der Waals surface area contributed by atoms with Gasteiger partial charge >= 0.3 is 6.09 Å². The molecular weight excluding hydrogens is 550 g/mol. The Hall–Kier alpha value is -4.17. The summed E-state index contributed by atoms with van der Waals surface area (Å²) < 4.78 is 7.07. The SMILES string of the molecule is C[C@@H](NC(=O)[C@@H](C)NC(=O)C(C)(C)NC(=O)[C@H]1CCCN1C(=O)[C@H](Cc1cncn1C)NC(=O)OC(C)(C)C)C(=O)[O-]. The van der Waals surface area contributed by atoms with E-state index in [2.05, 4.69) is 26.3 Å². The van der Waals surface area contributed by atoms with Gasteiger partial charge in [0.15, 0.2) is 0 Å². The first-order valence-corrected chi connectivity index (χ1v) is 13.7. The van der Waals surface area contributed by atoms with Gasteiger partial charge in [-0.3, -0.25) is 19.2 Å². The molecule has 1 aromatic rings. The molecule has 0 saturated carbocycles. The number of hydrogen-bond acceptors (Lipinski definition) is 9. The van der Waals surface area contributed by atoms with Gasteiger partial charge in [-0.25, -0.2) is 9.78 Å². The van der Waals surface area contributed by atoms with Gasteiger partial charge in [-0.05, 0) is 61.3 Å². The van der Waals surface area contributed by atoms with E-state index in [1.807, 2.05) is 0 Å². The molecule has 2 heterocycles. The van der Waals surface area contributed by atoms with Gasteiger partial charge in [0.25, 0.3) is 0 Å². The molecule has 1 aliphatic rings. The van der Waals surface area contributed by atoms with Crippen molar-refractivity contribution in [1.82, 2.24) is 35.7 Å². The lowest BCUT2D eigenvalue weighted by Crippen LogP contribution is -2.62. The normalized spacial score (nSPS) is 17.4. The molecule has 2 rings (SSSR count). The zero-order chi connectivity index (χ0) is 32.0. The topological polar surface area (TPSA) is 204 Å². The predicted octanol–water partition coefficient (Wildman–Crippen LogP) is -1.50. The van der Waals surface area contributed by atoms with Crippen LogP contribution in [0.4, 0.5) is 4.79 Å². The smallest absolute Gasteiger partial charge is 0.408 e. The minimum atomic E-state index is -1.49. The highest BCUT2D eigenvalue weighted by molar-refractivity contribution is 5.97. The summed E-state index contributed by atoms with van der Waals surface area (Å²) in [6.07, 6.45) is 3.32. The van der Waals surface area contributed by atoms with Crippen molar-refractivity contribution in [3.63, 3.8) is 0 Å². The van der Waals surface area contributed by atoms with Crippen molar-refractivity contribution in [3.8, 4) is 0 Å². The summed E-state index contributed by atoms with van der Waals surface area (Å²) >= 11 is 0. The molecule has 0 spiro atoms. The highest BCUT2D eigenvalue weighted by Gasteiger charge is 2.41. The molecule has 15 nitrogen and oxygen atoms in total. The molecule has 0 aromatic carbocycles. The fraction of sp³-hybridized carbons (Fsp3) is 0.667. The first-order chi connectivity index (χ1) is 19.3. The lowest BCUT2D eigenvalue weighted by atomic mass is 10.0. The first-order valence-electron chi connectivity index (χ1n) is 13.7. The number of aromatic nitrogens is 2. The van der Waals surface area contributed by atoms with E-state index in [4.69, 9.17) is 4.74 Å². The number of imidazole rings is 1. The van der Waals surface area contributed by atoms with Gasteiger partial charge in [0.2, 0.25) is 23.6 Å². The predicted molar refractivity (Wildman–Crippen MR) is 147 cm³/mol. The number of carboxylic acids is 1. The molecule has 4 N–H and O–H groups in total. The molecule has 0 unspecified atom stereocenters. The zero-order valence-electron chi connectivity index (χ0n) is 25.4. The molecule has 1 saturated heterocycles. The Morgan fingerprint density at radius 3 is 2.24 bits per heavy atom. The Kier molecular flexibility index (Phi) is 11.1. The van der Waals surface area contributed by atoms with Crippen LogP contribution in [0.25, 0.3) is 0 Å². The number of carbonyl (C=O) groups excluding carboxylic acids is 6. The molecule has 5 amide bonds. The van der Waals surface area contributed by atoms with Crippen LogP contribution in [0.1, 0.15) is 67.0 Å². The maximum absolute atomic E-state index is 13.7. The first kappa shape index (κ1) is 34.0. The van der Waals surface area contributed by atoms with Crippen LogP contribution in [0.3, 0.4) is 0 Å². The summed E-state index contributed by atoms with van der Waals surface area (Å²) in [4.78, 5) is 81.2. The average Bonchev–Trinajstić information content (AvgIpc) is 3.50. The van der Waals surface area contributed by atoms with Crippen LogP contribution >= 0.6 is 0 Å². The number of amides is 5. The number of ether oxygens (including phenoxy) is 1. The lowest BCUT2D eigenvalue weighted by Gasteiger charge is -2.32. The quantitative estimate of drug-likeness (QED) is 0.236. The number of likely N-dealkylation sites (tertiary alicyclic amines) is 1. The highest BCUT2D eigenvalue weighted by atomic mass is 16.6. The molecular formula is C27H42N7O8-. The van der Waals surface area contributed by atoms with Crippen LogP contribution in [0.5, 0.6) is 0 Å². The average molecular weight is 593 g/mol. The van der Waals surface area contributed by atoms with Crippen LogP contribution in [-0.4, -0.2) is 92.0 Å². The van der Waals surface area contributed by atoms with Crippen LogP contribution < -0.4 is 26.4 Å². The standard InChI is InChI=1S/C27H43N7O8/c1-15(20(35)29-16(2)23(38)39)30-24(40)27(6,7)32-21(36)19-10-9-11-34(19)22(37)18(12-17-13-28-14-33(17)8)31-25(41)42-26(3,4)5/h13-16,18-19H,9-12H2,1-8H3,(H,29,35)(H,30,40)(H,31,41)(H,32,36)(H,38,39)/p-1/t15-,16-,18+,19-/m1/s1. The second-order valence-corrected chi connectivity index (χ2v) is 11.9. The van der Waals surface area contributed by atoms with Crippen molar-refractivity contribution >= 4 is 35.7 Å². The molecule has 0 radical (unpaired) electrons. The lowest BCUT2D eigenvalue weighted by molar-refractivity contribution is -0.307. The number of nitrogens with one attached hydrogen (secondary N) is 4. The third kappa shape index (κ3) is 9.45. The molecule has 234 valence electrons. The van der Waals surface area contributed by atoms with Gasteiger partial charge in [-0.2, -0.15) is 0 Å². The van der Waals surface area contributed by atoms with Gasteiger partial charge in [0.05, 0.1) is 18.3 Å². The number of carbonyl (C=O) groups is 6. The largest absolute Gasteiger partial charge is 0.548 e. The van der Waals surface area contributed by atoms with E-state index in [9.17, 15) is 33.9 Å². The second-order valence-electron chi connectivity index (χ2n) is 11.9. The Morgan fingerprint density at radius 1 is 1.05 bits per heavy atom. The maximum atomic E-state index is 13.7. The number of aryl methyl sites for hydroxylation is 1. The molecule has 4 atom stereocenters. The number of carboxylic acid groups (broad SMARTS) is 1. The third-order valence-electron chi connectivity index (χ3n) is 6.61. The summed E-state index contributed by atoms with van der Waals surface area (Å²) in [5, 5.41) is 20.8. The van der Waals surface area contributed by atoms with Crippen LogP contribution in [0.15, 0.2) is 12.5 Å². The molecule has 0 bridgehead atoms. The van der Waals surface area contributed by atoms with Crippen molar-refractivity contribution in [2.75, 3.05) is 6.54 Å². The number of alkyl carbamates (subject to hydrolysis) is 1. The fourth-order valence-corrected chi connectivity index (χ4v) is 4.23. The number of aliphatic carboxylic acids is 1. The van der Waals surface area contributed by atoms with Crippen molar-refractivity contribution < 1.29 is 38.6 Å². The molecule has 1 aromatic heterocycles. The number of rotatable bonds is 11. The van der Waals surface area contributed by atoms with Crippen LogP contribution in [0, 0.1) is 0 Å². The fourth-order valence-electron chi connectivity index (χ4n) is 4.23. The summed E-state index contributed by atoms with van der Waals surface area (Å²) in [6.45, 7) is 10.8. The van der Waals surface area contributed by atoms with E-state index in [0.717, 1.165) is 0 Å². The Labute approximate surface area is 245 Å². The van der Waals surface area contributed by atoms with E-state index in [1.54, 1.807) is 44.9 Å². The molecule has 42 heavy (non-hydrogen) atoms. The van der Waals surface area contributed by atoms with Gasteiger partial charge in [0, 0.05) is 31.9 Å². The minimum Gasteiger partial charge on any atom is -0.548 e. The van der Waals surface area contributed by atoms with Gasteiger partial charge in [-0.1, -0.05) is 0 Å². The van der Waals surface area contributed by atoms with E-state index < -0.39 is 71.0 Å². The highest BCUT2D eigenvalue weighted by Crippen LogP contribution is 2.21. The second kappa shape index (κ2) is 13.7. The van der Waals surface area contributed by atoms with E-state index >= 15 is 0 Å². The van der Waals surface area contributed by atoms with Crippen molar-refractivity contribution in [2.24, 2.45) is 7.05 Å². The van der Waals surface area contributed by atoms with E-state index in [0.29, 0.717) is 18.5 Å². The zero-order valence-corrected chi connectivity index (χ0v) is 25.4. The molecule has 15 heteroatoms. The van der Waals surface area contributed by atoms with Gasteiger partial charge in [0.1, 0.15) is 29.3 Å². The third-order valence-corrected chi connectivity index (χ3v) is 6.61. The molecule has 0 aliphatic carbocycles. The Balaban J connectivity index is 2.14. The van der Waals surface area contributed by atoms with Gasteiger partial charge < -0.3 is 45.4 Å². The van der Waals surface area contributed by atoms with Crippen molar-refractivity contribution in [3.05, 3.63) is 18.2 Å². The minimum absolute atomic E-state index is 0.101. The summed E-state index contributed by atoms with van der Waals surface area (Å²) in [6, 6.07) is -4.33. The Morgan fingerprint density at radius 2 is 1.69 bits per heavy atom. The molecule has 1 aliphatic heterocycles. The summed E-state index contributed by atoms with van der Waals surface area (Å²) in [5.41, 5.74) is -1.61. The van der Waals surface area contributed by atoms with Crippen molar-refractivity contribution in [2.45, 2.75) is 103 Å². The monoisotopic (exact) mass is 592 g/mol. The Bertz CT molecular complexity index is 1190. The molecule has 1 fully saturated rings. The van der Waals surface area contributed by atoms with Gasteiger partial charge in [-0.15, -0.1) is 0 Å². The van der Waals surface area contributed by atoms with E-state index in [-0.39, 0.29) is 13.0 Å². The number of hydrogen-bond donors (Lipinski definition) is 4. The van der Waals surface area contributed by atoms with E-state index in [1.165, 1.54) is 32.6 Å². The summed E-state index contributed by atoms with van der Waals surface area (Å²) in [5.74, 6) is -3.99. The number of nitrogens with zero attached hydrogens (tertiary/aromatic N) is 3. The van der Waals surface area contributed by atoms with Crippen molar-refractivity contribution in [1.29, 1.82) is 0 Å².